The van der Waals surface area contributed by atoms with Gasteiger partial charge in [0.05, 0.1) is 6.10 Å². The van der Waals surface area contributed by atoms with Crippen molar-refractivity contribution in [2.24, 2.45) is 0 Å². The minimum atomic E-state index is -1.09. The Morgan fingerprint density at radius 1 is 1.33 bits per heavy atom. The standard InChI is InChI=1S/C8H16O3S/c1-6(2)11-8(9)5-12(10)7(3)4/h6-7H,5H2,1-4H3. The lowest BCUT2D eigenvalue weighted by Gasteiger charge is -2.08. The number of hydrogen-bond acceptors (Lipinski definition) is 3. The minimum Gasteiger partial charge on any atom is -0.462 e. The van der Waals surface area contributed by atoms with E-state index in [1.54, 1.807) is 13.8 Å². The fourth-order valence-corrected chi connectivity index (χ4v) is 1.21. The Morgan fingerprint density at radius 3 is 2.17 bits per heavy atom. The molecule has 0 saturated carbocycles. The van der Waals surface area contributed by atoms with Crippen molar-refractivity contribution in [3.05, 3.63) is 0 Å². The third-order valence-corrected chi connectivity index (χ3v) is 2.72. The number of rotatable bonds is 4. The van der Waals surface area contributed by atoms with Gasteiger partial charge in [0.25, 0.3) is 0 Å². The van der Waals surface area contributed by atoms with Crippen molar-refractivity contribution in [3.63, 3.8) is 0 Å². The normalized spacial score (nSPS) is 13.5. The van der Waals surface area contributed by atoms with Crippen LogP contribution in [0.1, 0.15) is 27.7 Å². The predicted octanol–water partition coefficient (Wildman–Crippen LogP) is 1.10. The van der Waals surface area contributed by atoms with Crippen LogP contribution in [-0.2, 0) is 20.3 Å². The molecule has 0 radical (unpaired) electrons. The molecule has 0 amide bonds. The maximum Gasteiger partial charge on any atom is 0.318 e. The smallest absolute Gasteiger partial charge is 0.318 e. The summed E-state index contributed by atoms with van der Waals surface area (Å²) in [5, 5.41) is 0.0183. The molecule has 0 aliphatic heterocycles. The van der Waals surface area contributed by atoms with Gasteiger partial charge in [0.15, 0.2) is 0 Å². The molecule has 4 heteroatoms. The maximum absolute atomic E-state index is 11.1. The molecule has 0 N–H and O–H groups in total. The molecule has 0 bridgehead atoms. The number of ether oxygens (including phenoxy) is 1. The van der Waals surface area contributed by atoms with E-state index in [2.05, 4.69) is 0 Å². The lowest BCUT2D eigenvalue weighted by molar-refractivity contribution is -0.144. The summed E-state index contributed by atoms with van der Waals surface area (Å²) in [7, 11) is -1.09. The van der Waals surface area contributed by atoms with Crippen LogP contribution in [0.15, 0.2) is 0 Å². The van der Waals surface area contributed by atoms with E-state index in [0.717, 1.165) is 0 Å². The fourth-order valence-electron chi connectivity index (χ4n) is 0.580. The molecule has 0 aromatic heterocycles. The molecule has 3 nitrogen and oxygen atoms in total. The summed E-state index contributed by atoms with van der Waals surface area (Å²) in [6.07, 6.45) is -0.123. The van der Waals surface area contributed by atoms with Crippen LogP contribution in [0.4, 0.5) is 0 Å². The Kier molecular flexibility index (Phi) is 5.13. The van der Waals surface area contributed by atoms with E-state index in [4.69, 9.17) is 4.74 Å². The van der Waals surface area contributed by atoms with Gasteiger partial charge in [-0.25, -0.2) is 0 Å². The number of carbonyl (C=O) groups is 1. The van der Waals surface area contributed by atoms with Gasteiger partial charge in [-0.1, -0.05) is 13.8 Å². The zero-order valence-electron chi connectivity index (χ0n) is 7.99. The second-order valence-corrected chi connectivity index (χ2v) is 5.11. The monoisotopic (exact) mass is 192 g/mol. The first-order valence-electron chi connectivity index (χ1n) is 4.00. The summed E-state index contributed by atoms with van der Waals surface area (Å²) >= 11 is 0. The summed E-state index contributed by atoms with van der Waals surface area (Å²) in [5.74, 6) is -0.368. The van der Waals surface area contributed by atoms with Crippen LogP contribution in [0.25, 0.3) is 0 Å². The highest BCUT2D eigenvalue weighted by Crippen LogP contribution is 1.97. The number of carbonyl (C=O) groups excluding carboxylic acids is 1. The van der Waals surface area contributed by atoms with Gasteiger partial charge in [0, 0.05) is 16.0 Å². The van der Waals surface area contributed by atoms with Crippen molar-refractivity contribution in [2.75, 3.05) is 5.75 Å². The Bertz CT molecular complexity index is 175. The van der Waals surface area contributed by atoms with Gasteiger partial charge in [-0.15, -0.1) is 0 Å². The van der Waals surface area contributed by atoms with Crippen molar-refractivity contribution in [3.8, 4) is 0 Å². The molecule has 12 heavy (non-hydrogen) atoms. The van der Waals surface area contributed by atoms with E-state index in [9.17, 15) is 9.00 Å². The molecule has 0 aliphatic carbocycles. The molecule has 72 valence electrons. The molecular weight excluding hydrogens is 176 g/mol. The first-order chi connectivity index (χ1) is 5.43. The SMILES string of the molecule is CC(C)OC(=O)CS(=O)C(C)C. The first-order valence-corrected chi connectivity index (χ1v) is 5.38. The van der Waals surface area contributed by atoms with Crippen molar-refractivity contribution >= 4 is 16.8 Å². The van der Waals surface area contributed by atoms with Crippen LogP contribution >= 0.6 is 0 Å². The van der Waals surface area contributed by atoms with Crippen LogP contribution in [0, 0.1) is 0 Å². The van der Waals surface area contributed by atoms with Crippen molar-refractivity contribution in [1.82, 2.24) is 0 Å². The third-order valence-electron chi connectivity index (χ3n) is 1.15. The summed E-state index contributed by atoms with van der Waals surface area (Å²) in [4.78, 5) is 11.0. The van der Waals surface area contributed by atoms with E-state index in [1.165, 1.54) is 0 Å². The predicted molar refractivity (Wildman–Crippen MR) is 49.4 cm³/mol. The van der Waals surface area contributed by atoms with E-state index < -0.39 is 10.8 Å². The Labute approximate surface area is 75.9 Å². The summed E-state index contributed by atoms with van der Waals surface area (Å²) < 4.78 is 16.0. The molecule has 1 atom stereocenters. The summed E-state index contributed by atoms with van der Waals surface area (Å²) in [6.45, 7) is 7.18. The molecule has 0 aliphatic rings. The third kappa shape index (κ3) is 5.29. The van der Waals surface area contributed by atoms with Crippen LogP contribution in [-0.4, -0.2) is 27.3 Å². The van der Waals surface area contributed by atoms with Crippen LogP contribution in [0.3, 0.4) is 0 Å². The topological polar surface area (TPSA) is 43.4 Å². The quantitative estimate of drug-likeness (QED) is 0.626. The van der Waals surface area contributed by atoms with Crippen molar-refractivity contribution < 1.29 is 13.7 Å². The average Bonchev–Trinajstić information content (AvgIpc) is 1.84. The van der Waals surface area contributed by atoms with Gasteiger partial charge in [0.1, 0.15) is 5.75 Å². The highest BCUT2D eigenvalue weighted by molar-refractivity contribution is 7.86. The Hall–Kier alpha value is -0.380. The van der Waals surface area contributed by atoms with E-state index in [0.29, 0.717) is 0 Å². The molecule has 1 unspecified atom stereocenters. The second-order valence-electron chi connectivity index (χ2n) is 3.11. The van der Waals surface area contributed by atoms with Gasteiger partial charge in [-0.3, -0.25) is 9.00 Å². The molecule has 0 aromatic rings. The molecule has 0 fully saturated rings. The highest BCUT2D eigenvalue weighted by Gasteiger charge is 2.12. The zero-order valence-corrected chi connectivity index (χ0v) is 8.81. The molecule has 0 aromatic carbocycles. The van der Waals surface area contributed by atoms with E-state index >= 15 is 0 Å². The van der Waals surface area contributed by atoms with Gasteiger partial charge in [-0.2, -0.15) is 0 Å². The van der Waals surface area contributed by atoms with Gasteiger partial charge >= 0.3 is 5.97 Å². The van der Waals surface area contributed by atoms with Crippen LogP contribution < -0.4 is 0 Å². The van der Waals surface area contributed by atoms with Crippen LogP contribution in [0.5, 0.6) is 0 Å². The van der Waals surface area contributed by atoms with Gasteiger partial charge in [-0.05, 0) is 13.8 Å². The summed E-state index contributed by atoms with van der Waals surface area (Å²) in [6, 6.07) is 0. The van der Waals surface area contributed by atoms with E-state index in [1.807, 2.05) is 13.8 Å². The molecule has 0 rings (SSSR count). The van der Waals surface area contributed by atoms with Crippen molar-refractivity contribution in [1.29, 1.82) is 0 Å². The lowest BCUT2D eigenvalue weighted by atomic mass is 10.5. The van der Waals surface area contributed by atoms with Gasteiger partial charge in [0.2, 0.25) is 0 Å². The van der Waals surface area contributed by atoms with Gasteiger partial charge < -0.3 is 4.74 Å². The number of hydrogen-bond donors (Lipinski definition) is 0. The highest BCUT2D eigenvalue weighted by atomic mass is 32.2. The summed E-state index contributed by atoms with van der Waals surface area (Å²) in [5.41, 5.74) is 0. The van der Waals surface area contributed by atoms with Crippen LogP contribution in [0.2, 0.25) is 0 Å². The fraction of sp³-hybridized carbons (Fsp3) is 0.875. The van der Waals surface area contributed by atoms with Crippen molar-refractivity contribution in [2.45, 2.75) is 39.0 Å². The maximum atomic E-state index is 11.1. The number of esters is 1. The largest absolute Gasteiger partial charge is 0.462 e. The second kappa shape index (κ2) is 5.30. The Balaban J connectivity index is 3.77. The molecule has 0 spiro atoms. The molecule has 0 saturated heterocycles. The first kappa shape index (κ1) is 11.6. The molecule has 0 heterocycles. The zero-order chi connectivity index (χ0) is 9.72. The Morgan fingerprint density at radius 2 is 1.83 bits per heavy atom. The average molecular weight is 192 g/mol. The molecular formula is C8H16O3S. The van der Waals surface area contributed by atoms with E-state index in [-0.39, 0.29) is 23.1 Å². The lowest BCUT2D eigenvalue weighted by Crippen LogP contribution is -2.21. The minimum absolute atomic E-state index is 0.00977.